The lowest BCUT2D eigenvalue weighted by atomic mass is 9.85. The van der Waals surface area contributed by atoms with Gasteiger partial charge in [0.1, 0.15) is 0 Å². The summed E-state index contributed by atoms with van der Waals surface area (Å²) >= 11 is 0. The van der Waals surface area contributed by atoms with Gasteiger partial charge in [0.25, 0.3) is 0 Å². The number of hydrogen-bond donors (Lipinski definition) is 1. The number of hydrogen-bond acceptors (Lipinski definition) is 3. The fraction of sp³-hybridized carbons (Fsp3) is 0.769. The van der Waals surface area contributed by atoms with E-state index in [2.05, 4.69) is 12.0 Å². The summed E-state index contributed by atoms with van der Waals surface area (Å²) in [5.74, 6) is 1.26. The van der Waals surface area contributed by atoms with Gasteiger partial charge in [-0.15, -0.1) is 0 Å². The number of aliphatic hydroxyl groups is 1. The minimum absolute atomic E-state index is 0.163. The number of rotatable bonds is 4. The zero-order chi connectivity index (χ0) is 12.3. The minimum Gasteiger partial charge on any atom is -0.493 e. The van der Waals surface area contributed by atoms with E-state index in [1.807, 2.05) is 4.68 Å². The second-order valence-electron chi connectivity index (χ2n) is 4.84. The Morgan fingerprint density at radius 2 is 2.35 bits per heavy atom. The monoisotopic (exact) mass is 238 g/mol. The molecule has 1 saturated carbocycles. The van der Waals surface area contributed by atoms with Gasteiger partial charge in [0.2, 0.25) is 0 Å². The van der Waals surface area contributed by atoms with Crippen molar-refractivity contribution in [3.8, 4) is 5.75 Å². The Labute approximate surface area is 103 Å². The summed E-state index contributed by atoms with van der Waals surface area (Å²) in [5, 5.41) is 14.2. The molecule has 1 aromatic heterocycles. The quantitative estimate of drug-likeness (QED) is 0.875. The molecule has 1 aliphatic rings. The summed E-state index contributed by atoms with van der Waals surface area (Å²) in [4.78, 5) is 0. The molecule has 1 N–H and O–H groups in total. The largest absolute Gasteiger partial charge is 0.493 e. The zero-order valence-electron chi connectivity index (χ0n) is 10.7. The predicted octanol–water partition coefficient (Wildman–Crippen LogP) is 2.32. The number of aryl methyl sites for hydroxylation is 1. The molecule has 1 aliphatic carbocycles. The van der Waals surface area contributed by atoms with Crippen molar-refractivity contribution in [2.45, 2.75) is 57.6 Å². The second-order valence-corrected chi connectivity index (χ2v) is 4.84. The van der Waals surface area contributed by atoms with E-state index >= 15 is 0 Å². The van der Waals surface area contributed by atoms with E-state index in [4.69, 9.17) is 4.74 Å². The molecule has 0 amide bonds. The topological polar surface area (TPSA) is 47.3 Å². The third-order valence-corrected chi connectivity index (χ3v) is 3.53. The molecule has 0 spiro atoms. The molecule has 1 heterocycles. The predicted molar refractivity (Wildman–Crippen MR) is 66.3 cm³/mol. The van der Waals surface area contributed by atoms with Gasteiger partial charge in [-0.1, -0.05) is 13.3 Å². The van der Waals surface area contributed by atoms with E-state index in [9.17, 15) is 5.11 Å². The van der Waals surface area contributed by atoms with Crippen molar-refractivity contribution in [3.63, 3.8) is 0 Å². The second kappa shape index (κ2) is 5.54. The first-order valence-electron chi connectivity index (χ1n) is 6.54. The molecular weight excluding hydrogens is 216 g/mol. The molecule has 4 heteroatoms. The molecule has 1 aromatic rings. The summed E-state index contributed by atoms with van der Waals surface area (Å²) < 4.78 is 7.44. The minimum atomic E-state index is -0.163. The van der Waals surface area contributed by atoms with Gasteiger partial charge in [0.05, 0.1) is 25.1 Å². The fourth-order valence-corrected chi connectivity index (χ4v) is 2.75. The molecule has 2 unspecified atom stereocenters. The number of nitrogens with zero attached hydrogens (tertiary/aromatic N) is 2. The van der Waals surface area contributed by atoms with Crippen LogP contribution in [0.1, 0.15) is 50.6 Å². The maximum atomic E-state index is 9.79. The standard InChI is InChI=1S/C13H22N2O2/c1-3-7-15-13(12(17-2)9-14-15)10-5-4-6-11(16)8-10/h9-11,16H,3-8H2,1-2H3. The van der Waals surface area contributed by atoms with Gasteiger partial charge < -0.3 is 9.84 Å². The van der Waals surface area contributed by atoms with Crippen molar-refractivity contribution in [1.29, 1.82) is 0 Å². The first kappa shape index (κ1) is 12.4. The van der Waals surface area contributed by atoms with Gasteiger partial charge in [-0.05, 0) is 25.7 Å². The summed E-state index contributed by atoms with van der Waals surface area (Å²) in [5.41, 5.74) is 1.17. The average molecular weight is 238 g/mol. The Bertz CT molecular complexity index is 362. The molecule has 1 fully saturated rings. The van der Waals surface area contributed by atoms with Crippen LogP contribution >= 0.6 is 0 Å². The third kappa shape index (κ3) is 2.63. The van der Waals surface area contributed by atoms with Crippen LogP contribution in [-0.4, -0.2) is 28.1 Å². The van der Waals surface area contributed by atoms with Gasteiger partial charge >= 0.3 is 0 Å². The van der Waals surface area contributed by atoms with Crippen LogP contribution in [0, 0.1) is 0 Å². The van der Waals surface area contributed by atoms with Crippen LogP contribution in [0.15, 0.2) is 6.20 Å². The summed E-state index contributed by atoms with van der Waals surface area (Å²) in [6.07, 6.45) is 6.68. The highest BCUT2D eigenvalue weighted by Gasteiger charge is 2.27. The summed E-state index contributed by atoms with van der Waals surface area (Å²) in [6, 6.07) is 0. The Kier molecular flexibility index (Phi) is 4.05. The van der Waals surface area contributed by atoms with E-state index in [-0.39, 0.29) is 6.10 Å². The van der Waals surface area contributed by atoms with Crippen LogP contribution in [0.4, 0.5) is 0 Å². The van der Waals surface area contributed by atoms with Crippen LogP contribution in [0.25, 0.3) is 0 Å². The molecule has 2 rings (SSSR count). The van der Waals surface area contributed by atoms with Crippen molar-refractivity contribution in [1.82, 2.24) is 9.78 Å². The van der Waals surface area contributed by atoms with Crippen LogP contribution in [0.3, 0.4) is 0 Å². The van der Waals surface area contributed by atoms with Crippen LogP contribution < -0.4 is 4.74 Å². The smallest absolute Gasteiger partial charge is 0.160 e. The highest BCUT2D eigenvalue weighted by molar-refractivity contribution is 5.29. The molecule has 4 nitrogen and oxygen atoms in total. The molecule has 0 aromatic carbocycles. The first-order chi connectivity index (χ1) is 8.26. The van der Waals surface area contributed by atoms with Gasteiger partial charge in [-0.2, -0.15) is 5.10 Å². The van der Waals surface area contributed by atoms with Gasteiger partial charge in [0, 0.05) is 12.5 Å². The van der Waals surface area contributed by atoms with E-state index < -0.39 is 0 Å². The maximum absolute atomic E-state index is 9.79. The van der Waals surface area contributed by atoms with Crippen LogP contribution in [0.2, 0.25) is 0 Å². The number of methoxy groups -OCH3 is 1. The Morgan fingerprint density at radius 3 is 3.00 bits per heavy atom. The summed E-state index contributed by atoms with van der Waals surface area (Å²) in [7, 11) is 1.69. The van der Waals surface area contributed by atoms with E-state index in [1.54, 1.807) is 13.3 Å². The van der Waals surface area contributed by atoms with Crippen LogP contribution in [-0.2, 0) is 6.54 Å². The van der Waals surface area contributed by atoms with Gasteiger partial charge in [0.15, 0.2) is 5.75 Å². The molecule has 17 heavy (non-hydrogen) atoms. The van der Waals surface area contributed by atoms with Crippen molar-refractivity contribution < 1.29 is 9.84 Å². The molecule has 2 atom stereocenters. The highest BCUT2D eigenvalue weighted by Crippen LogP contribution is 2.37. The van der Waals surface area contributed by atoms with E-state index in [0.29, 0.717) is 5.92 Å². The number of ether oxygens (including phenoxy) is 1. The maximum Gasteiger partial charge on any atom is 0.160 e. The Hall–Kier alpha value is -1.03. The number of aromatic nitrogens is 2. The van der Waals surface area contributed by atoms with E-state index in [1.165, 1.54) is 5.69 Å². The van der Waals surface area contributed by atoms with Crippen molar-refractivity contribution in [2.24, 2.45) is 0 Å². The lowest BCUT2D eigenvalue weighted by molar-refractivity contribution is 0.117. The van der Waals surface area contributed by atoms with Crippen LogP contribution in [0.5, 0.6) is 5.75 Å². The third-order valence-electron chi connectivity index (χ3n) is 3.53. The zero-order valence-corrected chi connectivity index (χ0v) is 10.7. The Morgan fingerprint density at radius 1 is 1.53 bits per heavy atom. The van der Waals surface area contributed by atoms with Crippen molar-refractivity contribution in [3.05, 3.63) is 11.9 Å². The molecule has 0 radical (unpaired) electrons. The molecule has 0 aliphatic heterocycles. The molecule has 0 saturated heterocycles. The lowest BCUT2D eigenvalue weighted by Crippen LogP contribution is -2.21. The normalized spacial score (nSPS) is 24.9. The van der Waals surface area contributed by atoms with Gasteiger partial charge in [-0.25, -0.2) is 0 Å². The fourth-order valence-electron chi connectivity index (χ4n) is 2.75. The molecule has 0 bridgehead atoms. The van der Waals surface area contributed by atoms with Gasteiger partial charge in [-0.3, -0.25) is 4.68 Å². The van der Waals surface area contributed by atoms with Crippen molar-refractivity contribution >= 4 is 0 Å². The number of aliphatic hydroxyl groups excluding tert-OH is 1. The van der Waals surface area contributed by atoms with Crippen molar-refractivity contribution in [2.75, 3.05) is 7.11 Å². The van der Waals surface area contributed by atoms with E-state index in [0.717, 1.165) is 44.4 Å². The molecular formula is C13H22N2O2. The Balaban J connectivity index is 2.24. The average Bonchev–Trinajstić information content (AvgIpc) is 2.72. The molecule has 96 valence electrons. The SMILES string of the molecule is CCCn1ncc(OC)c1C1CCCC(O)C1. The summed E-state index contributed by atoms with van der Waals surface area (Å²) in [6.45, 7) is 3.07. The lowest BCUT2D eigenvalue weighted by Gasteiger charge is -2.27. The highest BCUT2D eigenvalue weighted by atomic mass is 16.5. The first-order valence-corrected chi connectivity index (χ1v) is 6.54.